The number of hydrogen-bond acceptors (Lipinski definition) is 5. The lowest BCUT2D eigenvalue weighted by Crippen LogP contribution is -2.15. The molecular formula is C14H18N4O3. The van der Waals surface area contributed by atoms with Crippen molar-refractivity contribution in [2.75, 3.05) is 18.9 Å². The van der Waals surface area contributed by atoms with Crippen molar-refractivity contribution in [1.82, 2.24) is 9.78 Å². The van der Waals surface area contributed by atoms with E-state index < -0.39 is 5.91 Å². The zero-order chi connectivity index (χ0) is 15.2. The Bertz CT molecular complexity index is 624. The Morgan fingerprint density at radius 2 is 1.95 bits per heavy atom. The van der Waals surface area contributed by atoms with Crippen LogP contribution in [0.15, 0.2) is 30.5 Å². The lowest BCUT2D eigenvalue weighted by Gasteiger charge is -2.11. The second kappa shape index (κ2) is 6.65. The maximum atomic E-state index is 11.1. The highest BCUT2D eigenvalue weighted by molar-refractivity contribution is 5.95. The van der Waals surface area contributed by atoms with Crippen LogP contribution >= 0.6 is 0 Å². The van der Waals surface area contributed by atoms with Crippen molar-refractivity contribution in [1.29, 1.82) is 0 Å². The minimum atomic E-state index is -0.645. The van der Waals surface area contributed by atoms with E-state index in [-0.39, 0.29) is 11.4 Å². The quantitative estimate of drug-likeness (QED) is 0.792. The summed E-state index contributed by atoms with van der Waals surface area (Å²) in [4.78, 5) is 11.1. The number of ether oxygens (including phenoxy) is 2. The Hall–Kier alpha value is -2.70. The van der Waals surface area contributed by atoms with E-state index in [1.165, 1.54) is 4.68 Å². The van der Waals surface area contributed by atoms with Crippen LogP contribution in [-0.2, 0) is 6.54 Å². The average Bonchev–Trinajstić information content (AvgIpc) is 2.82. The van der Waals surface area contributed by atoms with Gasteiger partial charge in [-0.1, -0.05) is 12.1 Å². The Labute approximate surface area is 122 Å². The van der Waals surface area contributed by atoms with Crippen molar-refractivity contribution in [2.45, 2.75) is 13.5 Å². The molecule has 1 amide bonds. The van der Waals surface area contributed by atoms with E-state index in [0.717, 1.165) is 0 Å². The number of hydrogen-bond donors (Lipinski definition) is 2. The van der Waals surface area contributed by atoms with Crippen LogP contribution in [0.4, 0.5) is 5.69 Å². The van der Waals surface area contributed by atoms with E-state index in [4.69, 9.17) is 20.9 Å². The summed E-state index contributed by atoms with van der Waals surface area (Å²) in [7, 11) is 0. The second-order valence-corrected chi connectivity index (χ2v) is 4.29. The zero-order valence-electron chi connectivity index (χ0n) is 11.8. The van der Waals surface area contributed by atoms with Gasteiger partial charge >= 0.3 is 0 Å². The lowest BCUT2D eigenvalue weighted by molar-refractivity contribution is 0.0995. The number of nitrogens with two attached hydrogens (primary N) is 2. The van der Waals surface area contributed by atoms with Crippen LogP contribution in [0.5, 0.6) is 11.5 Å². The number of rotatable bonds is 7. The molecule has 0 saturated heterocycles. The molecule has 0 spiro atoms. The fourth-order valence-electron chi connectivity index (χ4n) is 1.84. The second-order valence-electron chi connectivity index (χ2n) is 4.29. The summed E-state index contributed by atoms with van der Waals surface area (Å²) in [6, 6.07) is 7.42. The van der Waals surface area contributed by atoms with Gasteiger partial charge in [-0.3, -0.25) is 9.48 Å². The molecule has 0 aliphatic carbocycles. The minimum Gasteiger partial charge on any atom is -0.490 e. The van der Waals surface area contributed by atoms with Crippen molar-refractivity contribution in [3.8, 4) is 11.5 Å². The summed E-state index contributed by atoms with van der Waals surface area (Å²) in [5.74, 6) is 0.710. The Kier molecular flexibility index (Phi) is 4.65. The summed E-state index contributed by atoms with van der Waals surface area (Å²) in [6.45, 7) is 3.29. The average molecular weight is 290 g/mol. The van der Waals surface area contributed by atoms with Gasteiger partial charge in [0.15, 0.2) is 17.2 Å². The van der Waals surface area contributed by atoms with Crippen LogP contribution in [0.3, 0.4) is 0 Å². The molecule has 7 nitrogen and oxygen atoms in total. The van der Waals surface area contributed by atoms with Gasteiger partial charge in [-0.05, 0) is 19.1 Å². The number of nitrogen functional groups attached to an aromatic ring is 1. The van der Waals surface area contributed by atoms with Crippen LogP contribution in [0.1, 0.15) is 17.4 Å². The molecule has 0 aliphatic heterocycles. The van der Waals surface area contributed by atoms with Crippen LogP contribution in [0.2, 0.25) is 0 Å². The van der Waals surface area contributed by atoms with Gasteiger partial charge in [-0.15, -0.1) is 0 Å². The van der Waals surface area contributed by atoms with E-state index >= 15 is 0 Å². The van der Waals surface area contributed by atoms with E-state index in [9.17, 15) is 4.79 Å². The van der Waals surface area contributed by atoms with Crippen LogP contribution in [0.25, 0.3) is 0 Å². The van der Waals surface area contributed by atoms with E-state index in [0.29, 0.717) is 31.3 Å². The predicted octanol–water partition coefficient (Wildman–Crippen LogP) is 1.04. The van der Waals surface area contributed by atoms with Gasteiger partial charge in [0, 0.05) is 6.20 Å². The van der Waals surface area contributed by atoms with Gasteiger partial charge in [0.1, 0.15) is 6.61 Å². The first-order valence-corrected chi connectivity index (χ1v) is 6.59. The van der Waals surface area contributed by atoms with E-state index in [1.807, 2.05) is 31.2 Å². The first-order valence-electron chi connectivity index (χ1n) is 6.59. The molecule has 0 fully saturated rings. The van der Waals surface area contributed by atoms with Gasteiger partial charge in [0.05, 0.1) is 18.8 Å². The largest absolute Gasteiger partial charge is 0.490 e. The number of carbonyl (C=O) groups is 1. The molecular weight excluding hydrogens is 272 g/mol. The topological polar surface area (TPSA) is 105 Å². The molecule has 21 heavy (non-hydrogen) atoms. The van der Waals surface area contributed by atoms with Gasteiger partial charge in [-0.2, -0.15) is 5.10 Å². The Morgan fingerprint density at radius 1 is 1.29 bits per heavy atom. The number of aromatic nitrogens is 2. The fourth-order valence-corrected chi connectivity index (χ4v) is 1.84. The number of para-hydroxylation sites is 2. The summed E-state index contributed by atoms with van der Waals surface area (Å²) in [5.41, 5.74) is 11.1. The third kappa shape index (κ3) is 3.65. The number of nitrogens with zero attached hydrogens (tertiary/aromatic N) is 2. The maximum absolute atomic E-state index is 11.1. The van der Waals surface area contributed by atoms with Crippen molar-refractivity contribution >= 4 is 11.6 Å². The normalized spacial score (nSPS) is 10.3. The standard InChI is InChI=1S/C14H18N4O3/c1-2-20-11-5-3-4-6-12(11)21-8-7-18-9-10(15)13(17-18)14(16)19/h3-6,9H,2,7-8,15H2,1H3,(H2,16,19). The van der Waals surface area contributed by atoms with Crippen molar-refractivity contribution in [3.05, 3.63) is 36.2 Å². The van der Waals surface area contributed by atoms with Crippen LogP contribution < -0.4 is 20.9 Å². The van der Waals surface area contributed by atoms with Crippen molar-refractivity contribution in [3.63, 3.8) is 0 Å². The number of benzene rings is 1. The molecule has 0 unspecified atom stereocenters. The molecule has 0 saturated carbocycles. The summed E-state index contributed by atoms with van der Waals surface area (Å²) in [5, 5.41) is 4.01. The highest BCUT2D eigenvalue weighted by Gasteiger charge is 2.11. The molecule has 7 heteroatoms. The SMILES string of the molecule is CCOc1ccccc1OCCn1cc(N)c(C(N)=O)n1. The van der Waals surface area contributed by atoms with Gasteiger partial charge in [0.25, 0.3) is 5.91 Å². The maximum Gasteiger partial charge on any atom is 0.271 e. The van der Waals surface area contributed by atoms with Crippen molar-refractivity contribution < 1.29 is 14.3 Å². The smallest absolute Gasteiger partial charge is 0.271 e. The van der Waals surface area contributed by atoms with Crippen molar-refractivity contribution in [2.24, 2.45) is 5.73 Å². The van der Waals surface area contributed by atoms with E-state index in [1.54, 1.807) is 6.20 Å². The molecule has 1 aromatic carbocycles. The lowest BCUT2D eigenvalue weighted by atomic mass is 10.3. The highest BCUT2D eigenvalue weighted by atomic mass is 16.5. The number of amides is 1. The van der Waals surface area contributed by atoms with Gasteiger partial charge < -0.3 is 20.9 Å². The highest BCUT2D eigenvalue weighted by Crippen LogP contribution is 2.26. The first-order chi connectivity index (χ1) is 10.1. The number of primary amides is 1. The zero-order valence-corrected chi connectivity index (χ0v) is 11.8. The minimum absolute atomic E-state index is 0.0738. The van der Waals surface area contributed by atoms with Crippen LogP contribution in [0, 0.1) is 0 Å². The summed E-state index contributed by atoms with van der Waals surface area (Å²) < 4.78 is 12.7. The summed E-state index contributed by atoms with van der Waals surface area (Å²) in [6.07, 6.45) is 1.55. The molecule has 1 aromatic heterocycles. The number of anilines is 1. The number of carbonyl (C=O) groups excluding carboxylic acids is 1. The molecule has 112 valence electrons. The third-order valence-corrected chi connectivity index (χ3v) is 2.75. The monoisotopic (exact) mass is 290 g/mol. The third-order valence-electron chi connectivity index (χ3n) is 2.75. The molecule has 4 N–H and O–H groups in total. The Morgan fingerprint density at radius 3 is 2.52 bits per heavy atom. The molecule has 0 aliphatic rings. The molecule has 1 heterocycles. The van der Waals surface area contributed by atoms with Crippen LogP contribution in [-0.4, -0.2) is 28.9 Å². The van der Waals surface area contributed by atoms with E-state index in [2.05, 4.69) is 5.10 Å². The van der Waals surface area contributed by atoms with Gasteiger partial charge in [0.2, 0.25) is 0 Å². The Balaban J connectivity index is 1.95. The molecule has 0 bridgehead atoms. The molecule has 0 atom stereocenters. The molecule has 2 aromatic rings. The molecule has 0 radical (unpaired) electrons. The molecule has 2 rings (SSSR count). The first kappa shape index (κ1) is 14.7. The van der Waals surface area contributed by atoms with Gasteiger partial charge in [-0.25, -0.2) is 0 Å². The summed E-state index contributed by atoms with van der Waals surface area (Å²) >= 11 is 0. The fraction of sp³-hybridized carbons (Fsp3) is 0.286. The predicted molar refractivity (Wildman–Crippen MR) is 78.3 cm³/mol.